The van der Waals surface area contributed by atoms with Gasteiger partial charge in [-0.2, -0.15) is 0 Å². The number of halogens is 1. The molecule has 2 nitrogen and oxygen atoms in total. The van der Waals surface area contributed by atoms with Crippen molar-refractivity contribution in [2.75, 3.05) is 13.1 Å². The first-order chi connectivity index (χ1) is 7.28. The van der Waals surface area contributed by atoms with Crippen LogP contribution in [0.3, 0.4) is 0 Å². The molecule has 1 atom stereocenters. The number of hydrogen-bond donors (Lipinski definition) is 0. The van der Waals surface area contributed by atoms with Gasteiger partial charge < -0.3 is 4.90 Å². The predicted octanol–water partition coefficient (Wildman–Crippen LogP) is 2.90. The molecule has 1 saturated heterocycles. The minimum atomic E-state index is 0.142. The Bertz CT molecular complexity index is 297. The molecule has 1 amide bonds. The average Bonchev–Trinajstić information content (AvgIpc) is 2.56. The van der Waals surface area contributed by atoms with Crippen molar-refractivity contribution in [1.82, 2.24) is 4.90 Å². The zero-order valence-corrected chi connectivity index (χ0v) is 11.5. The smallest absolute Gasteiger partial charge is 0.226 e. The first kappa shape index (κ1) is 12.2. The van der Waals surface area contributed by atoms with Crippen LogP contribution in [0.2, 0.25) is 0 Å². The highest BCUT2D eigenvalue weighted by Gasteiger charge is 2.68. The summed E-state index contributed by atoms with van der Waals surface area (Å²) in [6.45, 7) is 10.4. The molecule has 2 fully saturated rings. The van der Waals surface area contributed by atoms with Gasteiger partial charge in [-0.25, -0.2) is 0 Å². The van der Waals surface area contributed by atoms with Crippen LogP contribution >= 0.6 is 11.6 Å². The molecule has 1 aliphatic heterocycles. The quantitative estimate of drug-likeness (QED) is 0.649. The van der Waals surface area contributed by atoms with Crippen LogP contribution in [-0.4, -0.2) is 29.3 Å². The van der Waals surface area contributed by atoms with Crippen molar-refractivity contribution in [3.05, 3.63) is 0 Å². The van der Waals surface area contributed by atoms with Crippen LogP contribution in [0.5, 0.6) is 0 Å². The Hall–Kier alpha value is -0.240. The first-order valence-electron chi connectivity index (χ1n) is 6.21. The van der Waals surface area contributed by atoms with Crippen molar-refractivity contribution in [2.24, 2.45) is 16.7 Å². The zero-order valence-electron chi connectivity index (χ0n) is 10.7. The first-order valence-corrected chi connectivity index (χ1v) is 6.65. The average molecular weight is 244 g/mol. The van der Waals surface area contributed by atoms with E-state index in [-0.39, 0.29) is 22.1 Å². The van der Waals surface area contributed by atoms with Crippen LogP contribution in [0.4, 0.5) is 0 Å². The van der Waals surface area contributed by atoms with E-state index in [2.05, 4.69) is 27.7 Å². The molecule has 0 aromatic heterocycles. The molecule has 0 aromatic carbocycles. The van der Waals surface area contributed by atoms with E-state index in [1.54, 1.807) is 0 Å². The number of amides is 1. The van der Waals surface area contributed by atoms with Gasteiger partial charge in [-0.3, -0.25) is 4.79 Å². The van der Waals surface area contributed by atoms with Gasteiger partial charge in [0.25, 0.3) is 0 Å². The maximum absolute atomic E-state index is 12.4. The molecular formula is C13H22ClNO. The number of likely N-dealkylation sites (tertiary alicyclic amines) is 1. The highest BCUT2D eigenvalue weighted by Crippen LogP contribution is 2.68. The predicted molar refractivity (Wildman–Crippen MR) is 66.5 cm³/mol. The van der Waals surface area contributed by atoms with Crippen LogP contribution in [0.15, 0.2) is 0 Å². The number of carbonyl (C=O) groups is 1. The van der Waals surface area contributed by atoms with E-state index in [9.17, 15) is 4.79 Å². The topological polar surface area (TPSA) is 20.3 Å². The molecular weight excluding hydrogens is 222 g/mol. The number of nitrogens with zero attached hydrogens (tertiary/aromatic N) is 1. The second-order valence-corrected chi connectivity index (χ2v) is 7.02. The molecule has 0 N–H and O–H groups in total. The Labute approximate surface area is 103 Å². The van der Waals surface area contributed by atoms with Crippen molar-refractivity contribution < 1.29 is 4.79 Å². The Morgan fingerprint density at radius 2 is 1.81 bits per heavy atom. The van der Waals surface area contributed by atoms with Gasteiger partial charge in [-0.1, -0.05) is 27.7 Å². The third-order valence-electron chi connectivity index (χ3n) is 4.94. The van der Waals surface area contributed by atoms with Gasteiger partial charge in [-0.15, -0.1) is 11.6 Å². The number of carbonyl (C=O) groups excluding carboxylic acids is 1. The van der Waals surface area contributed by atoms with Gasteiger partial charge in [0, 0.05) is 19.0 Å². The molecule has 2 rings (SSSR count). The molecule has 1 saturated carbocycles. The van der Waals surface area contributed by atoms with Gasteiger partial charge in [0.05, 0.1) is 5.38 Å². The molecule has 2 aliphatic rings. The van der Waals surface area contributed by atoms with Crippen molar-refractivity contribution >= 4 is 17.5 Å². The number of alkyl halides is 1. The van der Waals surface area contributed by atoms with Gasteiger partial charge >= 0.3 is 0 Å². The van der Waals surface area contributed by atoms with E-state index in [0.717, 1.165) is 25.9 Å². The molecule has 0 spiro atoms. The summed E-state index contributed by atoms with van der Waals surface area (Å²) < 4.78 is 0. The van der Waals surface area contributed by atoms with Crippen LogP contribution < -0.4 is 0 Å². The normalized spacial score (nSPS) is 32.6. The largest absolute Gasteiger partial charge is 0.341 e. The summed E-state index contributed by atoms with van der Waals surface area (Å²) in [5.41, 5.74) is 0.284. The third kappa shape index (κ3) is 1.66. The molecule has 1 unspecified atom stereocenters. The number of piperidine rings is 1. The lowest BCUT2D eigenvalue weighted by atomic mass is 10.0. The maximum Gasteiger partial charge on any atom is 0.226 e. The Balaban J connectivity index is 2.04. The summed E-state index contributed by atoms with van der Waals surface area (Å²) in [5, 5.41) is 0.155. The highest BCUT2D eigenvalue weighted by atomic mass is 35.5. The van der Waals surface area contributed by atoms with E-state index in [1.165, 1.54) is 0 Å². The van der Waals surface area contributed by atoms with Gasteiger partial charge in [-0.05, 0) is 23.7 Å². The Morgan fingerprint density at radius 1 is 1.25 bits per heavy atom. The second kappa shape index (κ2) is 3.63. The van der Waals surface area contributed by atoms with E-state index >= 15 is 0 Å². The highest BCUT2D eigenvalue weighted by molar-refractivity contribution is 6.20. The Morgan fingerprint density at radius 3 is 2.25 bits per heavy atom. The summed E-state index contributed by atoms with van der Waals surface area (Å²) in [4.78, 5) is 14.4. The number of hydrogen-bond acceptors (Lipinski definition) is 1. The fourth-order valence-electron chi connectivity index (χ4n) is 3.12. The summed E-state index contributed by atoms with van der Waals surface area (Å²) in [6.07, 6.45) is 2.09. The lowest BCUT2D eigenvalue weighted by molar-refractivity contribution is -0.134. The standard InChI is InChI=1S/C13H22ClNO/c1-12(2)10(13(12,3)4)11(16)15-7-5-6-9(14)8-15/h9-10H,5-8H2,1-4H3. The molecule has 92 valence electrons. The van der Waals surface area contributed by atoms with Crippen LogP contribution in [0, 0.1) is 16.7 Å². The Kier molecular flexibility index (Phi) is 2.77. The lowest BCUT2D eigenvalue weighted by Gasteiger charge is -2.30. The fraction of sp³-hybridized carbons (Fsp3) is 0.923. The SMILES string of the molecule is CC1(C)C(C(=O)N2CCCC(Cl)C2)C1(C)C. The second-order valence-electron chi connectivity index (χ2n) is 6.40. The molecule has 1 heterocycles. The maximum atomic E-state index is 12.4. The van der Waals surface area contributed by atoms with Crippen molar-refractivity contribution in [3.63, 3.8) is 0 Å². The van der Waals surface area contributed by atoms with Gasteiger partial charge in [0.15, 0.2) is 0 Å². The van der Waals surface area contributed by atoms with E-state index in [4.69, 9.17) is 11.6 Å². The van der Waals surface area contributed by atoms with Crippen LogP contribution in [-0.2, 0) is 4.79 Å². The lowest BCUT2D eigenvalue weighted by Crippen LogP contribution is -2.42. The molecule has 3 heteroatoms. The van der Waals surface area contributed by atoms with E-state index < -0.39 is 0 Å². The molecule has 0 bridgehead atoms. The monoisotopic (exact) mass is 243 g/mol. The zero-order chi connectivity index (χ0) is 12.1. The summed E-state index contributed by atoms with van der Waals surface area (Å²) in [7, 11) is 0. The molecule has 1 aliphatic carbocycles. The van der Waals surface area contributed by atoms with Crippen LogP contribution in [0.25, 0.3) is 0 Å². The van der Waals surface area contributed by atoms with Crippen molar-refractivity contribution in [1.29, 1.82) is 0 Å². The third-order valence-corrected chi connectivity index (χ3v) is 5.30. The minimum Gasteiger partial charge on any atom is -0.341 e. The summed E-state index contributed by atoms with van der Waals surface area (Å²) in [5.74, 6) is 0.502. The van der Waals surface area contributed by atoms with Crippen LogP contribution in [0.1, 0.15) is 40.5 Å². The van der Waals surface area contributed by atoms with Gasteiger partial charge in [0.1, 0.15) is 0 Å². The van der Waals surface area contributed by atoms with Crippen molar-refractivity contribution in [3.8, 4) is 0 Å². The fourth-order valence-corrected chi connectivity index (χ4v) is 3.44. The van der Waals surface area contributed by atoms with Gasteiger partial charge in [0.2, 0.25) is 5.91 Å². The summed E-state index contributed by atoms with van der Waals surface area (Å²) in [6, 6.07) is 0. The molecule has 0 aromatic rings. The molecule has 0 radical (unpaired) electrons. The molecule has 16 heavy (non-hydrogen) atoms. The van der Waals surface area contributed by atoms with E-state index in [0.29, 0.717) is 5.91 Å². The number of rotatable bonds is 1. The minimum absolute atomic E-state index is 0.142. The summed E-state index contributed by atoms with van der Waals surface area (Å²) >= 11 is 6.13. The van der Waals surface area contributed by atoms with Crippen molar-refractivity contribution in [2.45, 2.75) is 45.9 Å². The van der Waals surface area contributed by atoms with E-state index in [1.807, 2.05) is 4.90 Å².